The van der Waals surface area contributed by atoms with Gasteiger partial charge in [0.1, 0.15) is 5.69 Å². The molecule has 0 fully saturated rings. The van der Waals surface area contributed by atoms with Gasteiger partial charge in [-0.2, -0.15) is 5.10 Å². The molecule has 1 atom stereocenters. The van der Waals surface area contributed by atoms with Crippen LogP contribution in [0.5, 0.6) is 0 Å². The van der Waals surface area contributed by atoms with Crippen LogP contribution in [0.1, 0.15) is 53.0 Å². The minimum atomic E-state index is -0.151. The number of carbonyl (C=O) groups is 2. The highest BCUT2D eigenvalue weighted by molar-refractivity contribution is 6.30. The number of aromatic nitrogens is 3. The van der Waals surface area contributed by atoms with Crippen LogP contribution in [0.4, 0.5) is 0 Å². The maximum absolute atomic E-state index is 13.1. The summed E-state index contributed by atoms with van der Waals surface area (Å²) in [4.78, 5) is 27.3. The molecule has 0 bridgehead atoms. The van der Waals surface area contributed by atoms with Crippen LogP contribution in [0.2, 0.25) is 5.02 Å². The summed E-state index contributed by atoms with van der Waals surface area (Å²) < 4.78 is 3.62. The molecular formula is C20H22ClN5O2. The van der Waals surface area contributed by atoms with Crippen LogP contribution in [0, 0.1) is 0 Å². The number of nitrogens with zero attached hydrogens (tertiary/aromatic N) is 4. The molecular weight excluding hydrogens is 378 g/mol. The fourth-order valence-electron chi connectivity index (χ4n) is 3.68. The van der Waals surface area contributed by atoms with Gasteiger partial charge in [-0.15, -0.1) is 0 Å². The summed E-state index contributed by atoms with van der Waals surface area (Å²) in [6.07, 6.45) is 2.57. The first-order valence-corrected chi connectivity index (χ1v) is 9.81. The Balaban J connectivity index is 1.58. The van der Waals surface area contributed by atoms with Gasteiger partial charge in [-0.05, 0) is 43.7 Å². The van der Waals surface area contributed by atoms with Crippen molar-refractivity contribution in [1.29, 1.82) is 0 Å². The molecule has 28 heavy (non-hydrogen) atoms. The monoisotopic (exact) mass is 399 g/mol. The molecule has 4 heterocycles. The summed E-state index contributed by atoms with van der Waals surface area (Å²) in [6.45, 7) is 5.74. The molecule has 1 unspecified atom stereocenters. The molecule has 1 aliphatic rings. The first kappa shape index (κ1) is 18.6. The van der Waals surface area contributed by atoms with Gasteiger partial charge in [-0.3, -0.25) is 9.59 Å². The molecule has 0 radical (unpaired) electrons. The Bertz CT molecular complexity index is 1050. The van der Waals surface area contributed by atoms with Crippen molar-refractivity contribution in [3.05, 3.63) is 58.6 Å². The lowest BCUT2D eigenvalue weighted by atomic mass is 10.1. The number of halogens is 1. The SMILES string of the molecule is CCCNC(=O)c1ccc2n1CCN(C(=O)c1cc3ccc(Cl)cn3n1)C2C. The highest BCUT2D eigenvalue weighted by Crippen LogP contribution is 2.29. The largest absolute Gasteiger partial charge is 0.351 e. The molecule has 0 aromatic carbocycles. The van der Waals surface area contributed by atoms with E-state index in [0.717, 1.165) is 17.6 Å². The summed E-state index contributed by atoms with van der Waals surface area (Å²) in [5, 5.41) is 7.85. The van der Waals surface area contributed by atoms with E-state index in [1.807, 2.05) is 36.6 Å². The molecule has 0 spiro atoms. The second-order valence-corrected chi connectivity index (χ2v) is 7.41. The topological polar surface area (TPSA) is 71.6 Å². The van der Waals surface area contributed by atoms with E-state index < -0.39 is 0 Å². The quantitative estimate of drug-likeness (QED) is 0.732. The third-order valence-electron chi connectivity index (χ3n) is 5.15. The number of pyridine rings is 1. The van der Waals surface area contributed by atoms with Crippen molar-refractivity contribution in [2.45, 2.75) is 32.9 Å². The van der Waals surface area contributed by atoms with Crippen LogP contribution < -0.4 is 5.32 Å². The number of hydrogen-bond acceptors (Lipinski definition) is 3. The lowest BCUT2D eigenvalue weighted by molar-refractivity contribution is 0.0635. The van der Waals surface area contributed by atoms with Gasteiger partial charge in [0.25, 0.3) is 11.8 Å². The van der Waals surface area contributed by atoms with Crippen molar-refractivity contribution in [3.8, 4) is 0 Å². The summed E-state index contributed by atoms with van der Waals surface area (Å²) in [5.74, 6) is -0.200. The number of fused-ring (bicyclic) bond motifs is 2. The first-order chi connectivity index (χ1) is 13.5. The molecule has 3 aromatic heterocycles. The number of amides is 2. The lowest BCUT2D eigenvalue weighted by Gasteiger charge is -2.35. The minimum Gasteiger partial charge on any atom is -0.351 e. The van der Waals surface area contributed by atoms with Gasteiger partial charge in [0.05, 0.1) is 16.6 Å². The van der Waals surface area contributed by atoms with Crippen molar-refractivity contribution >= 4 is 28.9 Å². The van der Waals surface area contributed by atoms with Crippen LogP contribution in [-0.4, -0.2) is 44.0 Å². The number of hydrogen-bond donors (Lipinski definition) is 1. The van der Waals surface area contributed by atoms with Crippen molar-refractivity contribution in [3.63, 3.8) is 0 Å². The Labute approximate surface area is 167 Å². The standard InChI is InChI=1S/C20H22ClN5O2/c1-3-8-22-19(27)18-7-6-17-13(2)24(9-10-25(17)18)20(28)16-11-15-5-4-14(21)12-26(15)23-16/h4-7,11-13H,3,8-10H2,1-2H3,(H,22,27). The van der Waals surface area contributed by atoms with Crippen LogP contribution in [0.25, 0.3) is 5.52 Å². The van der Waals surface area contributed by atoms with E-state index in [0.29, 0.717) is 36.0 Å². The van der Waals surface area contributed by atoms with E-state index in [1.54, 1.807) is 27.7 Å². The first-order valence-electron chi connectivity index (χ1n) is 9.43. The smallest absolute Gasteiger partial charge is 0.275 e. The lowest BCUT2D eigenvalue weighted by Crippen LogP contribution is -2.42. The molecule has 1 aliphatic heterocycles. The van der Waals surface area contributed by atoms with Gasteiger partial charge in [0, 0.05) is 31.5 Å². The van der Waals surface area contributed by atoms with E-state index in [2.05, 4.69) is 10.4 Å². The van der Waals surface area contributed by atoms with E-state index >= 15 is 0 Å². The minimum absolute atomic E-state index is 0.0719. The number of nitrogens with one attached hydrogen (secondary N) is 1. The Kier molecular flexibility index (Phi) is 4.85. The van der Waals surface area contributed by atoms with E-state index in [-0.39, 0.29) is 17.9 Å². The fourth-order valence-corrected chi connectivity index (χ4v) is 3.83. The molecule has 3 aromatic rings. The van der Waals surface area contributed by atoms with Gasteiger partial charge in [0.15, 0.2) is 5.69 Å². The molecule has 4 rings (SSSR count). The van der Waals surface area contributed by atoms with Crippen LogP contribution in [0.3, 0.4) is 0 Å². The highest BCUT2D eigenvalue weighted by atomic mass is 35.5. The normalized spacial score (nSPS) is 16.2. The van der Waals surface area contributed by atoms with Crippen molar-refractivity contribution < 1.29 is 9.59 Å². The van der Waals surface area contributed by atoms with Crippen molar-refractivity contribution in [2.75, 3.05) is 13.1 Å². The third kappa shape index (κ3) is 3.16. The summed E-state index contributed by atoms with van der Waals surface area (Å²) in [5.41, 5.74) is 2.79. The average Bonchev–Trinajstić information content (AvgIpc) is 3.30. The molecule has 7 nitrogen and oxygen atoms in total. The maximum Gasteiger partial charge on any atom is 0.275 e. The van der Waals surface area contributed by atoms with Gasteiger partial charge in [0.2, 0.25) is 0 Å². The zero-order chi connectivity index (χ0) is 19.8. The molecule has 0 saturated heterocycles. The fraction of sp³-hybridized carbons (Fsp3) is 0.350. The van der Waals surface area contributed by atoms with Gasteiger partial charge in [-0.25, -0.2) is 4.52 Å². The van der Waals surface area contributed by atoms with Crippen LogP contribution >= 0.6 is 11.6 Å². The molecule has 0 aliphatic carbocycles. The molecule has 1 N–H and O–H groups in total. The number of rotatable bonds is 4. The van der Waals surface area contributed by atoms with Gasteiger partial charge >= 0.3 is 0 Å². The molecule has 0 saturated carbocycles. The molecule has 2 amide bonds. The van der Waals surface area contributed by atoms with E-state index in [9.17, 15) is 9.59 Å². The Hall–Kier alpha value is -2.80. The maximum atomic E-state index is 13.1. The predicted octanol–water partition coefficient (Wildman–Crippen LogP) is 3.15. The Morgan fingerprint density at radius 2 is 2.07 bits per heavy atom. The summed E-state index contributed by atoms with van der Waals surface area (Å²) in [6, 6.07) is 8.98. The van der Waals surface area contributed by atoms with Crippen LogP contribution in [-0.2, 0) is 6.54 Å². The van der Waals surface area contributed by atoms with E-state index in [4.69, 9.17) is 11.6 Å². The number of carbonyl (C=O) groups excluding carboxylic acids is 2. The molecule has 8 heteroatoms. The van der Waals surface area contributed by atoms with Crippen molar-refractivity contribution in [2.24, 2.45) is 0 Å². The second-order valence-electron chi connectivity index (χ2n) is 6.97. The Morgan fingerprint density at radius 1 is 1.25 bits per heavy atom. The second kappa shape index (κ2) is 7.31. The Morgan fingerprint density at radius 3 is 2.86 bits per heavy atom. The molecule has 146 valence electrons. The third-order valence-corrected chi connectivity index (χ3v) is 5.37. The average molecular weight is 400 g/mol. The van der Waals surface area contributed by atoms with E-state index in [1.165, 1.54) is 0 Å². The summed E-state index contributed by atoms with van der Waals surface area (Å²) in [7, 11) is 0. The zero-order valence-corrected chi connectivity index (χ0v) is 16.6. The van der Waals surface area contributed by atoms with Crippen LogP contribution in [0.15, 0.2) is 36.5 Å². The zero-order valence-electron chi connectivity index (χ0n) is 15.9. The van der Waals surface area contributed by atoms with Crippen molar-refractivity contribution in [1.82, 2.24) is 24.4 Å². The summed E-state index contributed by atoms with van der Waals surface area (Å²) >= 11 is 6.00. The van der Waals surface area contributed by atoms with Gasteiger partial charge in [-0.1, -0.05) is 18.5 Å². The van der Waals surface area contributed by atoms with Gasteiger partial charge < -0.3 is 14.8 Å². The highest BCUT2D eigenvalue weighted by Gasteiger charge is 2.31. The predicted molar refractivity (Wildman–Crippen MR) is 107 cm³/mol.